The van der Waals surface area contributed by atoms with Crippen LogP contribution in [0.2, 0.25) is 0 Å². The van der Waals surface area contributed by atoms with E-state index < -0.39 is 6.04 Å². The van der Waals surface area contributed by atoms with E-state index in [0.29, 0.717) is 32.2 Å². The first-order chi connectivity index (χ1) is 12.0. The van der Waals surface area contributed by atoms with Crippen LogP contribution in [0.25, 0.3) is 0 Å². The first kappa shape index (κ1) is 17.9. The van der Waals surface area contributed by atoms with Crippen LogP contribution in [0.3, 0.4) is 0 Å². The zero-order valence-corrected chi connectivity index (χ0v) is 15.1. The van der Waals surface area contributed by atoms with Crippen molar-refractivity contribution in [3.63, 3.8) is 0 Å². The van der Waals surface area contributed by atoms with E-state index in [9.17, 15) is 9.59 Å². The summed E-state index contributed by atoms with van der Waals surface area (Å²) in [5.41, 5.74) is 8.15. The number of nitrogens with two attached hydrogens (primary N) is 1. The molecular formula is C19H28N4O2. The Hall–Kier alpha value is -1.92. The van der Waals surface area contributed by atoms with Crippen LogP contribution in [0.4, 0.5) is 0 Å². The number of piperazine rings is 1. The molecule has 2 fully saturated rings. The van der Waals surface area contributed by atoms with Gasteiger partial charge in [-0.2, -0.15) is 0 Å². The van der Waals surface area contributed by atoms with Crippen LogP contribution < -0.4 is 11.1 Å². The van der Waals surface area contributed by atoms with Crippen molar-refractivity contribution >= 4 is 11.8 Å². The molecule has 0 spiro atoms. The lowest BCUT2D eigenvalue weighted by molar-refractivity contribution is -0.135. The fourth-order valence-electron chi connectivity index (χ4n) is 3.16. The monoisotopic (exact) mass is 344 g/mol. The average molecular weight is 344 g/mol. The molecule has 6 heteroatoms. The van der Waals surface area contributed by atoms with Crippen LogP contribution >= 0.6 is 0 Å². The molecule has 1 aromatic carbocycles. The number of hydrogen-bond donors (Lipinski definition) is 2. The van der Waals surface area contributed by atoms with Crippen LogP contribution in [-0.2, 0) is 9.59 Å². The van der Waals surface area contributed by atoms with Gasteiger partial charge in [0, 0.05) is 32.2 Å². The Morgan fingerprint density at radius 3 is 2.28 bits per heavy atom. The third kappa shape index (κ3) is 4.38. The maximum atomic E-state index is 12.7. The van der Waals surface area contributed by atoms with Crippen LogP contribution in [-0.4, -0.2) is 59.9 Å². The summed E-state index contributed by atoms with van der Waals surface area (Å²) in [7, 11) is 0. The van der Waals surface area contributed by atoms with E-state index in [1.165, 1.54) is 0 Å². The Morgan fingerprint density at radius 1 is 1.12 bits per heavy atom. The molecule has 0 radical (unpaired) electrons. The van der Waals surface area contributed by atoms with Crippen molar-refractivity contribution in [1.29, 1.82) is 0 Å². The highest BCUT2D eigenvalue weighted by Crippen LogP contribution is 2.20. The van der Waals surface area contributed by atoms with Gasteiger partial charge in [-0.25, -0.2) is 0 Å². The van der Waals surface area contributed by atoms with E-state index in [4.69, 9.17) is 5.73 Å². The molecule has 0 aromatic heterocycles. The highest BCUT2D eigenvalue weighted by Gasteiger charge is 2.32. The maximum absolute atomic E-state index is 12.7. The largest absolute Gasteiger partial charge is 0.352 e. The Kier molecular flexibility index (Phi) is 5.39. The molecule has 3 N–H and O–H groups in total. The summed E-state index contributed by atoms with van der Waals surface area (Å²) >= 11 is 0. The summed E-state index contributed by atoms with van der Waals surface area (Å²) in [5, 5.41) is 3.05. The van der Waals surface area contributed by atoms with Crippen molar-refractivity contribution < 1.29 is 9.59 Å². The topological polar surface area (TPSA) is 78.7 Å². The number of amides is 2. The fourth-order valence-corrected chi connectivity index (χ4v) is 3.16. The van der Waals surface area contributed by atoms with Gasteiger partial charge in [-0.15, -0.1) is 0 Å². The summed E-state index contributed by atoms with van der Waals surface area (Å²) in [5.74, 6) is 0.0530. The number of nitrogens with zero attached hydrogens (tertiary/aromatic N) is 2. The molecule has 136 valence electrons. The summed E-state index contributed by atoms with van der Waals surface area (Å²) in [6.45, 7) is 6.57. The van der Waals surface area contributed by atoms with Gasteiger partial charge in [0.1, 0.15) is 6.04 Å². The van der Waals surface area contributed by atoms with Crippen LogP contribution in [0.5, 0.6) is 0 Å². The van der Waals surface area contributed by atoms with Gasteiger partial charge >= 0.3 is 0 Å². The summed E-state index contributed by atoms with van der Waals surface area (Å²) < 4.78 is 0. The quantitative estimate of drug-likeness (QED) is 0.828. The number of aryl methyl sites for hydroxylation is 1. The minimum atomic E-state index is -0.622. The van der Waals surface area contributed by atoms with Crippen molar-refractivity contribution in [2.45, 2.75) is 44.8 Å². The minimum absolute atomic E-state index is 0.0430. The van der Waals surface area contributed by atoms with E-state index in [1.807, 2.05) is 43.0 Å². The normalized spacial score (nSPS) is 20.8. The lowest BCUT2D eigenvalue weighted by atomic mass is 10.0. The lowest BCUT2D eigenvalue weighted by Crippen LogP contribution is -2.56. The third-order valence-corrected chi connectivity index (χ3v) is 5.18. The number of nitrogens with one attached hydrogen (secondary N) is 1. The molecule has 2 atom stereocenters. The molecule has 1 aliphatic carbocycles. The lowest BCUT2D eigenvalue weighted by Gasteiger charge is -2.38. The summed E-state index contributed by atoms with van der Waals surface area (Å²) in [6, 6.07) is 7.38. The average Bonchev–Trinajstić information content (AvgIpc) is 3.44. The van der Waals surface area contributed by atoms with Crippen molar-refractivity contribution in [2.24, 2.45) is 5.73 Å². The zero-order chi connectivity index (χ0) is 18.0. The minimum Gasteiger partial charge on any atom is -0.352 e. The van der Waals surface area contributed by atoms with E-state index in [1.54, 1.807) is 0 Å². The van der Waals surface area contributed by atoms with Gasteiger partial charge in [-0.05, 0) is 32.3 Å². The smallest absolute Gasteiger partial charge is 0.244 e. The molecule has 25 heavy (non-hydrogen) atoms. The van der Waals surface area contributed by atoms with Gasteiger partial charge in [0.05, 0.1) is 6.04 Å². The molecule has 1 heterocycles. The standard InChI is InChI=1S/C19H28N4O2/c1-13-3-5-15(6-4-13)17(20)19(25)23-11-9-22(10-12-23)14(2)18(24)21-16-7-8-16/h3-6,14,16-17H,7-12,20H2,1-2H3,(H,21,24). The Morgan fingerprint density at radius 2 is 1.72 bits per heavy atom. The van der Waals surface area contributed by atoms with Gasteiger partial charge in [0.2, 0.25) is 11.8 Å². The van der Waals surface area contributed by atoms with Crippen LogP contribution in [0, 0.1) is 6.92 Å². The van der Waals surface area contributed by atoms with E-state index in [2.05, 4.69) is 10.2 Å². The first-order valence-electron chi connectivity index (χ1n) is 9.11. The highest BCUT2D eigenvalue weighted by atomic mass is 16.2. The molecule has 3 rings (SSSR count). The molecule has 2 unspecified atom stereocenters. The molecular weight excluding hydrogens is 316 g/mol. The summed E-state index contributed by atoms with van der Waals surface area (Å²) in [4.78, 5) is 28.8. The molecule has 1 aliphatic heterocycles. The predicted octanol–water partition coefficient (Wildman–Crippen LogP) is 0.806. The zero-order valence-electron chi connectivity index (χ0n) is 15.1. The van der Waals surface area contributed by atoms with E-state index in [0.717, 1.165) is 24.0 Å². The fraction of sp³-hybridized carbons (Fsp3) is 0.579. The molecule has 2 aliphatic rings. The van der Waals surface area contributed by atoms with Crippen molar-refractivity contribution in [3.05, 3.63) is 35.4 Å². The van der Waals surface area contributed by atoms with Gasteiger partial charge in [0.25, 0.3) is 0 Å². The van der Waals surface area contributed by atoms with Crippen molar-refractivity contribution in [3.8, 4) is 0 Å². The van der Waals surface area contributed by atoms with Gasteiger partial charge < -0.3 is 16.0 Å². The molecule has 0 bridgehead atoms. The number of rotatable bonds is 5. The van der Waals surface area contributed by atoms with E-state index in [-0.39, 0.29) is 17.9 Å². The van der Waals surface area contributed by atoms with Crippen molar-refractivity contribution in [1.82, 2.24) is 15.1 Å². The molecule has 6 nitrogen and oxygen atoms in total. The molecule has 2 amide bonds. The van der Waals surface area contributed by atoms with Gasteiger partial charge in [-0.3, -0.25) is 14.5 Å². The SMILES string of the molecule is Cc1ccc(C(N)C(=O)N2CCN(C(C)C(=O)NC3CC3)CC2)cc1. The van der Waals surface area contributed by atoms with Gasteiger partial charge in [-0.1, -0.05) is 29.8 Å². The van der Waals surface area contributed by atoms with E-state index >= 15 is 0 Å². The summed E-state index contributed by atoms with van der Waals surface area (Å²) in [6.07, 6.45) is 2.19. The number of carbonyl (C=O) groups is 2. The Balaban J connectivity index is 1.51. The number of benzene rings is 1. The Bertz CT molecular complexity index is 619. The second-order valence-corrected chi connectivity index (χ2v) is 7.21. The molecule has 1 saturated heterocycles. The second kappa shape index (κ2) is 7.54. The molecule has 1 aromatic rings. The molecule has 1 saturated carbocycles. The third-order valence-electron chi connectivity index (χ3n) is 5.18. The first-order valence-corrected chi connectivity index (χ1v) is 9.11. The Labute approximate surface area is 149 Å². The number of carbonyl (C=O) groups excluding carboxylic acids is 2. The highest BCUT2D eigenvalue weighted by molar-refractivity contribution is 5.83. The second-order valence-electron chi connectivity index (χ2n) is 7.21. The van der Waals surface area contributed by atoms with Crippen molar-refractivity contribution in [2.75, 3.05) is 26.2 Å². The maximum Gasteiger partial charge on any atom is 0.244 e. The number of hydrogen-bond acceptors (Lipinski definition) is 4. The predicted molar refractivity (Wildman–Crippen MR) is 96.9 cm³/mol. The van der Waals surface area contributed by atoms with Crippen LogP contribution in [0.15, 0.2) is 24.3 Å². The van der Waals surface area contributed by atoms with Gasteiger partial charge in [0.15, 0.2) is 0 Å². The van der Waals surface area contributed by atoms with Crippen LogP contribution in [0.1, 0.15) is 36.9 Å².